The van der Waals surface area contributed by atoms with Crippen LogP contribution < -0.4 is 27.7 Å². The number of hydrogen-bond donors (Lipinski definition) is 5. The molecule has 0 spiro atoms. The maximum atomic E-state index is 12.4. The van der Waals surface area contributed by atoms with Crippen molar-refractivity contribution in [3.63, 3.8) is 0 Å². The number of hydrogen-bond acceptors (Lipinski definition) is 8. The van der Waals surface area contributed by atoms with E-state index in [1.54, 1.807) is 43.6 Å². The van der Waals surface area contributed by atoms with Crippen molar-refractivity contribution >= 4 is 29.3 Å². The van der Waals surface area contributed by atoms with Gasteiger partial charge in [0.25, 0.3) is 11.5 Å². The molecule has 7 N–H and O–H groups in total. The van der Waals surface area contributed by atoms with Gasteiger partial charge in [0, 0.05) is 23.6 Å². The van der Waals surface area contributed by atoms with Gasteiger partial charge in [0.1, 0.15) is 11.6 Å². The Hall–Kier alpha value is -4.28. The molecule has 2 aromatic heterocycles. The van der Waals surface area contributed by atoms with Gasteiger partial charge in [-0.25, -0.2) is 9.97 Å². The van der Waals surface area contributed by atoms with Crippen LogP contribution >= 0.6 is 0 Å². The number of H-pyrrole nitrogens is 1. The Bertz CT molecular complexity index is 1130. The lowest BCUT2D eigenvalue weighted by Gasteiger charge is -2.16. The summed E-state index contributed by atoms with van der Waals surface area (Å²) in [6, 6.07) is 7.96. The third kappa shape index (κ3) is 4.58. The molecule has 0 bridgehead atoms. The molecular weight excluding hydrogens is 388 g/mol. The fraction of sp³-hybridized carbons (Fsp3) is 0.158. The first kappa shape index (κ1) is 20.5. The van der Waals surface area contributed by atoms with Crippen LogP contribution in [0.4, 0.5) is 17.5 Å². The molecule has 11 heteroatoms. The minimum Gasteiger partial charge on any atom is -0.368 e. The van der Waals surface area contributed by atoms with Crippen LogP contribution in [0.3, 0.4) is 0 Å². The first-order chi connectivity index (χ1) is 14.4. The van der Waals surface area contributed by atoms with E-state index in [1.807, 2.05) is 6.07 Å². The molecule has 11 nitrogen and oxygen atoms in total. The van der Waals surface area contributed by atoms with Gasteiger partial charge < -0.3 is 22.1 Å². The van der Waals surface area contributed by atoms with E-state index in [0.717, 1.165) is 0 Å². The zero-order valence-electron chi connectivity index (χ0n) is 16.0. The van der Waals surface area contributed by atoms with Gasteiger partial charge >= 0.3 is 0 Å². The maximum Gasteiger partial charge on any atom is 0.267 e. The highest BCUT2D eigenvalue weighted by Gasteiger charge is 2.20. The third-order valence-corrected chi connectivity index (χ3v) is 4.18. The summed E-state index contributed by atoms with van der Waals surface area (Å²) in [7, 11) is 0. The molecule has 154 valence electrons. The molecular formula is C19H20N8O3. The normalized spacial score (nSPS) is 11.5. The van der Waals surface area contributed by atoms with Crippen molar-refractivity contribution in [3.8, 4) is 11.4 Å². The Morgan fingerprint density at radius 3 is 2.53 bits per heavy atom. The van der Waals surface area contributed by atoms with Gasteiger partial charge in [-0.2, -0.15) is 4.98 Å². The average molecular weight is 408 g/mol. The monoisotopic (exact) mass is 408 g/mol. The van der Waals surface area contributed by atoms with Gasteiger partial charge in [-0.3, -0.25) is 19.4 Å². The predicted octanol–water partition coefficient (Wildman–Crippen LogP) is 0.745. The highest BCUT2D eigenvalue weighted by atomic mass is 16.2. The molecule has 30 heavy (non-hydrogen) atoms. The number of anilines is 3. The number of nitrogens with two attached hydrogens (primary N) is 2. The zero-order valence-corrected chi connectivity index (χ0v) is 16.0. The number of nitrogens with zero attached hydrogens (tertiary/aromatic N) is 3. The number of aromatic amines is 1. The van der Waals surface area contributed by atoms with Crippen molar-refractivity contribution in [2.24, 2.45) is 11.5 Å². The lowest BCUT2D eigenvalue weighted by atomic mass is 10.2. The number of aromatic nitrogens is 4. The van der Waals surface area contributed by atoms with E-state index in [-0.39, 0.29) is 17.3 Å². The van der Waals surface area contributed by atoms with E-state index in [2.05, 4.69) is 30.6 Å². The minimum absolute atomic E-state index is 0.0271. The molecule has 2 amide bonds. The van der Waals surface area contributed by atoms with E-state index in [9.17, 15) is 14.4 Å². The summed E-state index contributed by atoms with van der Waals surface area (Å²) in [4.78, 5) is 50.7. The Morgan fingerprint density at radius 1 is 1.17 bits per heavy atom. The molecule has 0 saturated heterocycles. The van der Waals surface area contributed by atoms with Crippen molar-refractivity contribution in [3.05, 3.63) is 58.6 Å². The summed E-state index contributed by atoms with van der Waals surface area (Å²) < 4.78 is 0. The van der Waals surface area contributed by atoms with Crippen molar-refractivity contribution in [2.45, 2.75) is 19.4 Å². The number of benzene rings is 1. The number of carbonyl (C=O) groups is 2. The Balaban J connectivity index is 1.99. The van der Waals surface area contributed by atoms with Crippen LogP contribution in [0, 0.1) is 0 Å². The number of rotatable bonds is 8. The van der Waals surface area contributed by atoms with Crippen LogP contribution in [-0.2, 0) is 4.79 Å². The molecule has 1 aromatic carbocycles. The fourth-order valence-corrected chi connectivity index (χ4v) is 2.72. The number of primary amides is 2. The maximum absolute atomic E-state index is 12.4. The van der Waals surface area contributed by atoms with Crippen LogP contribution in [0.15, 0.2) is 47.5 Å². The van der Waals surface area contributed by atoms with E-state index in [4.69, 9.17) is 11.5 Å². The predicted molar refractivity (Wildman–Crippen MR) is 111 cm³/mol. The van der Waals surface area contributed by atoms with Crippen molar-refractivity contribution < 1.29 is 9.59 Å². The van der Waals surface area contributed by atoms with E-state index in [1.165, 1.54) is 0 Å². The first-order valence-corrected chi connectivity index (χ1v) is 9.03. The molecule has 0 unspecified atom stereocenters. The van der Waals surface area contributed by atoms with Crippen molar-refractivity contribution in [1.29, 1.82) is 0 Å². The minimum atomic E-state index is -0.956. The number of amides is 2. The van der Waals surface area contributed by atoms with Crippen molar-refractivity contribution in [1.82, 2.24) is 19.9 Å². The summed E-state index contributed by atoms with van der Waals surface area (Å²) >= 11 is 0. The van der Waals surface area contributed by atoms with Gasteiger partial charge in [0.05, 0.1) is 0 Å². The second-order valence-electron chi connectivity index (χ2n) is 6.29. The van der Waals surface area contributed by atoms with Gasteiger partial charge in [-0.15, -0.1) is 0 Å². The SMILES string of the molecule is CC[C@@H](Nc1nc(Nc2cccc(-c3ncccn3)c2)c(C(N)=O)c(=O)[nH]1)C(N)=O. The molecule has 2 heterocycles. The fourth-order valence-electron chi connectivity index (χ4n) is 2.72. The highest BCUT2D eigenvalue weighted by molar-refractivity contribution is 5.98. The Labute approximate surface area is 171 Å². The van der Waals surface area contributed by atoms with Crippen LogP contribution in [0.2, 0.25) is 0 Å². The van der Waals surface area contributed by atoms with Gasteiger partial charge in [-0.05, 0) is 24.6 Å². The van der Waals surface area contributed by atoms with Crippen molar-refractivity contribution in [2.75, 3.05) is 10.6 Å². The highest BCUT2D eigenvalue weighted by Crippen LogP contribution is 2.23. The lowest BCUT2D eigenvalue weighted by Crippen LogP contribution is -2.36. The summed E-state index contributed by atoms with van der Waals surface area (Å²) in [5.74, 6) is -1.16. The molecule has 3 rings (SSSR count). The second-order valence-corrected chi connectivity index (χ2v) is 6.29. The van der Waals surface area contributed by atoms with Crippen LogP contribution in [0.5, 0.6) is 0 Å². The molecule has 0 radical (unpaired) electrons. The summed E-state index contributed by atoms with van der Waals surface area (Å²) in [6.07, 6.45) is 3.61. The number of carbonyl (C=O) groups excluding carboxylic acids is 2. The molecule has 3 aromatic rings. The molecule has 0 fully saturated rings. The zero-order chi connectivity index (χ0) is 21.7. The standard InChI is InChI=1S/C19H20N8O3/c1-2-12(14(20)28)25-19-26-17(13(15(21)29)18(30)27-19)24-11-6-3-5-10(9-11)16-22-7-4-8-23-16/h3-9,12H,2H2,1H3,(H2,20,28)(H2,21,29)(H3,24,25,26,27,30)/t12-/m1/s1. The van der Waals surface area contributed by atoms with Gasteiger partial charge in [0.2, 0.25) is 11.9 Å². The Morgan fingerprint density at radius 2 is 1.90 bits per heavy atom. The van der Waals surface area contributed by atoms with Gasteiger partial charge in [0.15, 0.2) is 11.6 Å². The Kier molecular flexibility index (Phi) is 6.01. The van der Waals surface area contributed by atoms with E-state index in [0.29, 0.717) is 23.5 Å². The van der Waals surface area contributed by atoms with Gasteiger partial charge in [-0.1, -0.05) is 19.1 Å². The van der Waals surface area contributed by atoms with E-state index < -0.39 is 23.4 Å². The molecule has 0 aliphatic heterocycles. The quantitative estimate of drug-likeness (QED) is 0.362. The van der Waals surface area contributed by atoms with E-state index >= 15 is 0 Å². The largest absolute Gasteiger partial charge is 0.368 e. The van der Waals surface area contributed by atoms with Crippen LogP contribution in [-0.4, -0.2) is 37.8 Å². The molecule has 0 aliphatic rings. The van der Waals surface area contributed by atoms with Crippen LogP contribution in [0.25, 0.3) is 11.4 Å². The smallest absolute Gasteiger partial charge is 0.267 e. The number of nitrogens with one attached hydrogen (secondary N) is 3. The molecule has 1 atom stereocenters. The topological polar surface area (TPSA) is 182 Å². The second kappa shape index (κ2) is 8.82. The lowest BCUT2D eigenvalue weighted by molar-refractivity contribution is -0.118. The summed E-state index contributed by atoms with van der Waals surface area (Å²) in [5.41, 5.74) is 10.8. The van der Waals surface area contributed by atoms with Crippen LogP contribution in [0.1, 0.15) is 23.7 Å². The molecule has 0 aliphatic carbocycles. The molecule has 0 saturated carbocycles. The summed E-state index contributed by atoms with van der Waals surface area (Å²) in [6.45, 7) is 1.74. The average Bonchev–Trinajstić information content (AvgIpc) is 2.72. The summed E-state index contributed by atoms with van der Waals surface area (Å²) in [5, 5.41) is 5.67. The third-order valence-electron chi connectivity index (χ3n) is 4.18. The first-order valence-electron chi connectivity index (χ1n) is 9.03.